The van der Waals surface area contributed by atoms with Gasteiger partial charge in [0.1, 0.15) is 13.2 Å². The van der Waals surface area contributed by atoms with Gasteiger partial charge in [0.15, 0.2) is 11.5 Å². The molecule has 7 heteroatoms. The van der Waals surface area contributed by atoms with Gasteiger partial charge in [-0.3, -0.25) is 4.79 Å². The molecule has 0 bridgehead atoms. The number of benzene rings is 2. The molecule has 2 aromatic rings. The third-order valence-electron chi connectivity index (χ3n) is 4.87. The Labute approximate surface area is 185 Å². The predicted octanol–water partition coefficient (Wildman–Crippen LogP) is 4.40. The van der Waals surface area contributed by atoms with Crippen molar-refractivity contribution in [1.29, 1.82) is 0 Å². The highest BCUT2D eigenvalue weighted by Gasteiger charge is 2.32. The quantitative estimate of drug-likeness (QED) is 0.574. The van der Waals surface area contributed by atoms with E-state index < -0.39 is 18.4 Å². The fourth-order valence-corrected chi connectivity index (χ4v) is 3.19. The lowest BCUT2D eigenvalue weighted by Gasteiger charge is -2.26. The smallest absolute Gasteiger partial charge is 0.338 e. The average Bonchev–Trinajstić information content (AvgIpc) is 3.11. The number of carbonyl (C=O) groups is 2. The van der Waals surface area contributed by atoms with Crippen LogP contribution in [0.15, 0.2) is 30.3 Å². The van der Waals surface area contributed by atoms with Gasteiger partial charge in [-0.15, -0.1) is 0 Å². The Balaban J connectivity index is 2.03. The Morgan fingerprint density at radius 2 is 1.90 bits per heavy atom. The summed E-state index contributed by atoms with van der Waals surface area (Å²) in [5.41, 5.74) is 1.66. The van der Waals surface area contributed by atoms with E-state index in [0.29, 0.717) is 11.1 Å². The van der Waals surface area contributed by atoms with E-state index in [1.165, 1.54) is 7.11 Å². The molecule has 0 aliphatic carbocycles. The van der Waals surface area contributed by atoms with Crippen LogP contribution >= 0.6 is 0 Å². The first-order valence-corrected chi connectivity index (χ1v) is 9.90. The predicted molar refractivity (Wildman–Crippen MR) is 115 cm³/mol. The summed E-state index contributed by atoms with van der Waals surface area (Å²) in [4.78, 5) is 24.3. The molecule has 0 unspecified atom stereocenters. The summed E-state index contributed by atoms with van der Waals surface area (Å²) in [5.74, 6) is -0.134. The summed E-state index contributed by atoms with van der Waals surface area (Å²) in [6, 6.07) is 8.59. The number of esters is 2. The van der Waals surface area contributed by atoms with E-state index in [2.05, 4.69) is 0 Å². The lowest BCUT2D eigenvalue weighted by Crippen LogP contribution is -2.34. The molecule has 1 aliphatic heterocycles. The Morgan fingerprint density at radius 1 is 1.16 bits per heavy atom. The summed E-state index contributed by atoms with van der Waals surface area (Å²) < 4.78 is 42.2. The molecule has 3 rings (SSSR count). The van der Waals surface area contributed by atoms with E-state index >= 15 is 0 Å². The van der Waals surface area contributed by atoms with Crippen molar-refractivity contribution in [3.8, 4) is 28.4 Å². The van der Waals surface area contributed by atoms with E-state index in [0.717, 1.165) is 11.1 Å². The number of ether oxygens (including phenoxy) is 5. The Hall–Kier alpha value is -3.22. The van der Waals surface area contributed by atoms with Crippen LogP contribution in [0, 0.1) is 5.41 Å². The van der Waals surface area contributed by atoms with Gasteiger partial charge in [0.2, 0.25) is 5.75 Å². The van der Waals surface area contributed by atoms with E-state index in [1.54, 1.807) is 52.0 Å². The van der Waals surface area contributed by atoms with Crippen molar-refractivity contribution in [2.24, 2.45) is 5.41 Å². The summed E-state index contributed by atoms with van der Waals surface area (Å²) in [6.45, 7) is 7.14. The van der Waals surface area contributed by atoms with Crippen molar-refractivity contribution < 1.29 is 36.0 Å². The zero-order chi connectivity index (χ0) is 24.3. The van der Waals surface area contributed by atoms with Gasteiger partial charge in [-0.1, -0.05) is 6.07 Å². The van der Waals surface area contributed by atoms with Gasteiger partial charge in [0.05, 0.1) is 34.0 Å². The summed E-state index contributed by atoms with van der Waals surface area (Å²) >= 11 is 0. The fourth-order valence-electron chi connectivity index (χ4n) is 3.19. The molecular weight excluding hydrogens is 400 g/mol. The second kappa shape index (κ2) is 8.88. The van der Waals surface area contributed by atoms with Crippen LogP contribution in [0.3, 0.4) is 0 Å². The molecule has 0 spiro atoms. The van der Waals surface area contributed by atoms with Crippen molar-refractivity contribution in [2.45, 2.75) is 40.4 Å². The van der Waals surface area contributed by atoms with Crippen LogP contribution in [0.25, 0.3) is 11.1 Å². The topological polar surface area (TPSA) is 80.3 Å². The normalized spacial score (nSPS) is 14.0. The van der Waals surface area contributed by atoms with Gasteiger partial charge >= 0.3 is 11.9 Å². The van der Waals surface area contributed by atoms with Crippen LogP contribution in [-0.2, 0) is 20.9 Å². The highest BCUT2D eigenvalue weighted by atomic mass is 16.6. The molecule has 0 N–H and O–H groups in total. The van der Waals surface area contributed by atoms with E-state index in [9.17, 15) is 9.59 Å². The van der Waals surface area contributed by atoms with Gasteiger partial charge < -0.3 is 23.7 Å². The van der Waals surface area contributed by atoms with Gasteiger partial charge in [-0.05, 0) is 57.5 Å². The number of fused-ring (bicyclic) bond motifs is 1. The standard InChI is InChI=1S/C24H28O7/c1-14(2)31-23(26)24(3,4)13-30-20-17(9-10-19(27-5)21(20)28-6)15-7-8-18-16(11-15)12-29-22(18)25/h7-11,14H,12-13H2,1-6H3/i5D2. The summed E-state index contributed by atoms with van der Waals surface area (Å²) in [5, 5.41) is 0. The molecule has 31 heavy (non-hydrogen) atoms. The van der Waals surface area contributed by atoms with E-state index in [4.69, 9.17) is 26.4 Å². The zero-order valence-corrected chi connectivity index (χ0v) is 18.3. The average molecular weight is 430 g/mol. The second-order valence-electron chi connectivity index (χ2n) is 8.17. The number of carbonyl (C=O) groups excluding carboxylic acids is 2. The number of hydrogen-bond acceptors (Lipinski definition) is 7. The highest BCUT2D eigenvalue weighted by Crippen LogP contribution is 2.45. The maximum Gasteiger partial charge on any atom is 0.338 e. The molecule has 0 aromatic heterocycles. The zero-order valence-electron chi connectivity index (χ0n) is 20.3. The van der Waals surface area contributed by atoms with Gasteiger partial charge in [0.25, 0.3) is 0 Å². The van der Waals surface area contributed by atoms with E-state index in [-0.39, 0.29) is 42.5 Å². The number of rotatable bonds is 8. The molecule has 0 radical (unpaired) electrons. The minimum Gasteiger partial charge on any atom is -0.493 e. The van der Waals surface area contributed by atoms with Crippen LogP contribution in [0.2, 0.25) is 0 Å². The maximum absolute atomic E-state index is 12.5. The molecule has 0 fully saturated rings. The van der Waals surface area contributed by atoms with Crippen molar-refractivity contribution in [1.82, 2.24) is 0 Å². The molecule has 1 heterocycles. The van der Waals surface area contributed by atoms with Crippen LogP contribution in [0.5, 0.6) is 17.2 Å². The van der Waals surface area contributed by atoms with Crippen molar-refractivity contribution >= 4 is 11.9 Å². The van der Waals surface area contributed by atoms with Crippen molar-refractivity contribution in [2.75, 3.05) is 20.8 Å². The Bertz CT molecular complexity index is 1050. The third-order valence-corrected chi connectivity index (χ3v) is 4.87. The minimum atomic E-state index is -1.57. The Kier molecular flexibility index (Phi) is 5.65. The van der Waals surface area contributed by atoms with E-state index in [1.807, 2.05) is 6.07 Å². The van der Waals surface area contributed by atoms with Crippen LogP contribution in [0.4, 0.5) is 0 Å². The maximum atomic E-state index is 12.5. The molecule has 0 atom stereocenters. The van der Waals surface area contributed by atoms with Crippen LogP contribution < -0.4 is 14.2 Å². The molecular formula is C24H28O7. The molecule has 166 valence electrons. The van der Waals surface area contributed by atoms with Crippen molar-refractivity contribution in [3.63, 3.8) is 0 Å². The SMILES string of the molecule is [2H]C([2H])Oc1ccc(-c2ccc3c(c2)COC3=O)c(OCC(C)(C)C(=O)OC(C)C)c1OC. The fraction of sp³-hybridized carbons (Fsp3) is 0.417. The second-order valence-corrected chi connectivity index (χ2v) is 8.17. The van der Waals surface area contributed by atoms with Crippen LogP contribution in [-0.4, -0.2) is 38.8 Å². The lowest BCUT2D eigenvalue weighted by molar-refractivity contribution is -0.159. The third kappa shape index (κ3) is 4.60. The largest absolute Gasteiger partial charge is 0.493 e. The monoisotopic (exact) mass is 430 g/mol. The molecule has 7 nitrogen and oxygen atoms in total. The first-order valence-electron chi connectivity index (χ1n) is 11.1. The first kappa shape index (κ1) is 19.7. The van der Waals surface area contributed by atoms with Crippen LogP contribution in [0.1, 0.15) is 46.4 Å². The number of methoxy groups -OCH3 is 2. The molecule has 0 amide bonds. The number of hydrogen-bond donors (Lipinski definition) is 0. The molecule has 2 aromatic carbocycles. The van der Waals surface area contributed by atoms with Gasteiger partial charge in [-0.2, -0.15) is 0 Å². The summed E-state index contributed by atoms with van der Waals surface area (Å²) in [6.07, 6.45) is -0.263. The molecule has 0 saturated heterocycles. The van der Waals surface area contributed by atoms with Gasteiger partial charge in [-0.25, -0.2) is 4.79 Å². The lowest BCUT2D eigenvalue weighted by atomic mass is 9.94. The Morgan fingerprint density at radius 3 is 2.58 bits per heavy atom. The first-order chi connectivity index (χ1) is 15.5. The van der Waals surface area contributed by atoms with Crippen molar-refractivity contribution in [3.05, 3.63) is 41.5 Å². The minimum absolute atomic E-state index is 0.0247. The van der Waals surface area contributed by atoms with Gasteiger partial charge in [0, 0.05) is 11.1 Å². The molecule has 1 aliphatic rings. The summed E-state index contributed by atoms with van der Waals surface area (Å²) in [7, 11) is -0.145. The molecule has 0 saturated carbocycles. The number of cyclic esters (lactones) is 1. The highest BCUT2D eigenvalue weighted by molar-refractivity contribution is 5.94.